The molecule has 1 aromatic carbocycles. The first kappa shape index (κ1) is 23.7. The minimum atomic E-state index is -4.80. The Morgan fingerprint density at radius 2 is 1.90 bits per heavy atom. The number of urea groups is 1. The van der Waals surface area contributed by atoms with Gasteiger partial charge in [0.05, 0.1) is 0 Å². The molecular weight excluding hydrogens is 395 g/mol. The summed E-state index contributed by atoms with van der Waals surface area (Å²) in [6.45, 7) is 7.61. The van der Waals surface area contributed by atoms with Crippen molar-refractivity contribution >= 4 is 11.7 Å². The van der Waals surface area contributed by atoms with Gasteiger partial charge in [-0.1, -0.05) is 43.8 Å². The van der Waals surface area contributed by atoms with Crippen LogP contribution in [0.3, 0.4) is 0 Å². The van der Waals surface area contributed by atoms with Gasteiger partial charge in [-0.25, -0.2) is 4.79 Å². The number of halogens is 3. The van der Waals surface area contributed by atoms with Crippen LogP contribution in [0, 0.1) is 0 Å². The average Bonchev–Trinajstić information content (AvgIpc) is 2.70. The van der Waals surface area contributed by atoms with Gasteiger partial charge in [-0.2, -0.15) is 4.99 Å². The van der Waals surface area contributed by atoms with E-state index < -0.39 is 18.2 Å². The molecule has 1 aromatic rings. The molecule has 8 heteroatoms. The van der Waals surface area contributed by atoms with Crippen molar-refractivity contribution in [2.24, 2.45) is 4.99 Å². The molecule has 0 N–H and O–H groups in total. The predicted molar refractivity (Wildman–Crippen MR) is 111 cm³/mol. The van der Waals surface area contributed by atoms with Crippen LogP contribution in [0.5, 0.6) is 0 Å². The lowest BCUT2D eigenvalue weighted by Crippen LogP contribution is -2.44. The lowest BCUT2D eigenvalue weighted by molar-refractivity contribution is -0.303. The van der Waals surface area contributed by atoms with Gasteiger partial charge in [-0.05, 0) is 37.0 Å². The first-order chi connectivity index (χ1) is 14.2. The van der Waals surface area contributed by atoms with E-state index >= 15 is 0 Å². The topological polar surface area (TPSA) is 45.1 Å². The number of amides is 2. The van der Waals surface area contributed by atoms with Crippen molar-refractivity contribution in [3.8, 4) is 0 Å². The summed E-state index contributed by atoms with van der Waals surface area (Å²) in [5.41, 5.74) is 1.63. The monoisotopic (exact) mass is 423 g/mol. The maximum atomic E-state index is 12.5. The fraction of sp³-hybridized carbons (Fsp3) is 0.455. The Hall–Kier alpha value is -2.61. The molecule has 1 heterocycles. The fourth-order valence-corrected chi connectivity index (χ4v) is 3.27. The molecule has 0 saturated carbocycles. The summed E-state index contributed by atoms with van der Waals surface area (Å²) in [5.74, 6) is -0.560. The summed E-state index contributed by atoms with van der Waals surface area (Å²) in [5, 5.41) is 0. The van der Waals surface area contributed by atoms with E-state index in [2.05, 4.69) is 33.3 Å². The van der Waals surface area contributed by atoms with Gasteiger partial charge >= 0.3 is 12.4 Å². The molecule has 0 aliphatic carbocycles. The molecule has 0 aromatic heterocycles. The molecule has 30 heavy (non-hydrogen) atoms. The predicted octanol–water partition coefficient (Wildman–Crippen LogP) is 5.16. The maximum absolute atomic E-state index is 12.5. The van der Waals surface area contributed by atoms with E-state index in [1.54, 1.807) is 18.9 Å². The van der Waals surface area contributed by atoms with Crippen LogP contribution in [-0.4, -0.2) is 54.1 Å². The van der Waals surface area contributed by atoms with E-state index in [0.717, 1.165) is 38.6 Å². The molecule has 0 unspecified atom stereocenters. The number of carbonyl (C=O) groups excluding carboxylic acids is 1. The molecule has 1 aliphatic heterocycles. The Bertz CT molecular complexity index is 768. The summed E-state index contributed by atoms with van der Waals surface area (Å²) < 4.78 is 40.2. The first-order valence-corrected chi connectivity index (χ1v) is 9.91. The zero-order chi connectivity index (χ0) is 22.1. The van der Waals surface area contributed by atoms with E-state index in [-0.39, 0.29) is 6.04 Å². The van der Waals surface area contributed by atoms with Crippen LogP contribution in [-0.2, 0) is 11.3 Å². The molecule has 2 rings (SSSR count). The highest BCUT2D eigenvalue weighted by Gasteiger charge is 2.31. The van der Waals surface area contributed by atoms with Gasteiger partial charge in [0.1, 0.15) is 5.76 Å². The van der Waals surface area contributed by atoms with Crippen molar-refractivity contribution in [1.29, 1.82) is 0 Å². The summed E-state index contributed by atoms with van der Waals surface area (Å²) in [6, 6.07) is 9.93. The molecule has 0 radical (unpaired) electrons. The van der Waals surface area contributed by atoms with E-state index in [1.165, 1.54) is 11.6 Å². The highest BCUT2D eigenvalue weighted by atomic mass is 19.4. The average molecular weight is 423 g/mol. The number of likely N-dealkylation sites (tertiary alicyclic amines) is 1. The Morgan fingerprint density at radius 3 is 2.47 bits per heavy atom. The van der Waals surface area contributed by atoms with Crippen molar-refractivity contribution in [3.05, 3.63) is 60.4 Å². The number of rotatable bonds is 7. The van der Waals surface area contributed by atoms with Crippen LogP contribution in [0.25, 0.3) is 0 Å². The zero-order valence-corrected chi connectivity index (χ0v) is 17.4. The highest BCUT2D eigenvalue weighted by Crippen LogP contribution is 2.21. The summed E-state index contributed by atoms with van der Waals surface area (Å²) in [7, 11) is 1.71. The molecule has 2 amide bonds. The summed E-state index contributed by atoms with van der Waals surface area (Å²) >= 11 is 0. The molecule has 1 saturated heterocycles. The second-order valence-corrected chi connectivity index (χ2v) is 7.19. The lowest BCUT2D eigenvalue weighted by atomic mass is 10.0. The molecule has 1 aliphatic rings. The van der Waals surface area contributed by atoms with Gasteiger partial charge in [0.25, 0.3) is 0 Å². The van der Waals surface area contributed by atoms with Crippen molar-refractivity contribution in [1.82, 2.24) is 9.80 Å². The van der Waals surface area contributed by atoms with Crippen molar-refractivity contribution < 1.29 is 22.7 Å². The van der Waals surface area contributed by atoms with Crippen LogP contribution in [0.4, 0.5) is 18.0 Å². The van der Waals surface area contributed by atoms with Crippen LogP contribution in [0.15, 0.2) is 59.8 Å². The van der Waals surface area contributed by atoms with Crippen LogP contribution >= 0.6 is 0 Å². The number of piperidine rings is 1. The minimum absolute atomic E-state index is 0.0823. The number of nitrogens with zero attached hydrogens (tertiary/aromatic N) is 3. The van der Waals surface area contributed by atoms with Crippen LogP contribution < -0.4 is 0 Å². The summed E-state index contributed by atoms with van der Waals surface area (Å²) in [6.07, 6.45) is -0.328. The van der Waals surface area contributed by atoms with Crippen LogP contribution in [0.1, 0.15) is 31.7 Å². The fourth-order valence-electron chi connectivity index (χ4n) is 3.27. The first-order valence-electron chi connectivity index (χ1n) is 9.91. The number of hydrogen-bond donors (Lipinski definition) is 0. The van der Waals surface area contributed by atoms with Gasteiger partial charge in [0, 0.05) is 38.4 Å². The summed E-state index contributed by atoms with van der Waals surface area (Å²) in [4.78, 5) is 20.5. The van der Waals surface area contributed by atoms with E-state index in [4.69, 9.17) is 0 Å². The minimum Gasteiger partial charge on any atom is -0.406 e. The number of hydrogen-bond acceptors (Lipinski definition) is 3. The highest BCUT2D eigenvalue weighted by molar-refractivity contribution is 6.02. The number of carbonyl (C=O) groups is 1. The van der Waals surface area contributed by atoms with Gasteiger partial charge in [0.2, 0.25) is 0 Å². The Kier molecular flexibility index (Phi) is 8.65. The van der Waals surface area contributed by atoms with Gasteiger partial charge in [-0.15, -0.1) is 13.2 Å². The zero-order valence-electron chi connectivity index (χ0n) is 17.4. The second kappa shape index (κ2) is 11.0. The van der Waals surface area contributed by atoms with Crippen molar-refractivity contribution in [3.63, 3.8) is 0 Å². The number of allylic oxidation sites excluding steroid dienone is 2. The van der Waals surface area contributed by atoms with Crippen molar-refractivity contribution in [2.75, 3.05) is 20.1 Å². The van der Waals surface area contributed by atoms with Crippen LogP contribution in [0.2, 0.25) is 0 Å². The molecule has 0 spiro atoms. The SMILES string of the molecule is C=C(/C=C\C(CC)=NC(=O)N(C)C1CCN(Cc2ccccc2)CC1)OC(F)(F)F. The van der Waals surface area contributed by atoms with Gasteiger partial charge in [0.15, 0.2) is 0 Å². The maximum Gasteiger partial charge on any atom is 0.573 e. The van der Waals surface area contributed by atoms with E-state index in [1.807, 2.05) is 18.2 Å². The number of benzene rings is 1. The van der Waals surface area contributed by atoms with E-state index in [9.17, 15) is 18.0 Å². The van der Waals surface area contributed by atoms with Gasteiger partial charge in [-0.3, -0.25) is 4.90 Å². The lowest BCUT2D eigenvalue weighted by Gasteiger charge is -2.36. The molecule has 164 valence electrons. The molecule has 0 bridgehead atoms. The Morgan fingerprint density at radius 1 is 1.27 bits per heavy atom. The van der Waals surface area contributed by atoms with Crippen molar-refractivity contribution in [2.45, 2.75) is 45.1 Å². The molecular formula is C22H28F3N3O2. The molecule has 0 atom stereocenters. The second-order valence-electron chi connectivity index (χ2n) is 7.19. The third-order valence-electron chi connectivity index (χ3n) is 4.97. The van der Waals surface area contributed by atoms with Gasteiger partial charge < -0.3 is 9.64 Å². The third kappa shape index (κ3) is 8.02. The Labute approximate surface area is 175 Å². The number of aliphatic imine (C=N–C) groups is 1. The molecule has 1 fully saturated rings. The number of alkyl halides is 3. The smallest absolute Gasteiger partial charge is 0.406 e. The number of ether oxygens (including phenoxy) is 1. The molecule has 5 nitrogen and oxygen atoms in total. The standard InChI is InChI=1S/C22H28F3N3O2/c1-4-19(11-10-17(2)30-22(23,24)25)26-21(29)27(3)20-12-14-28(15-13-20)16-18-8-6-5-7-9-18/h5-11,20H,2,4,12-16H2,1,3H3/b11-10-,26-19?. The quantitative estimate of drug-likeness (QED) is 0.346. The Balaban J connectivity index is 1.87. The largest absolute Gasteiger partial charge is 0.573 e. The third-order valence-corrected chi connectivity index (χ3v) is 4.97. The normalized spacial score (nSPS) is 16.6. The van der Waals surface area contributed by atoms with E-state index in [0.29, 0.717) is 12.1 Å².